The van der Waals surface area contributed by atoms with Crippen LogP contribution < -0.4 is 16.6 Å². The van der Waals surface area contributed by atoms with Gasteiger partial charge >= 0.3 is 0 Å². The second kappa shape index (κ2) is 4.66. The molecule has 6 nitrogen and oxygen atoms in total. The Hall–Kier alpha value is -3.22. The maximum absolute atomic E-state index is 14.7. The molecule has 3 N–H and O–H groups in total. The molecule has 0 bridgehead atoms. The average molecular weight is 339 g/mol. The summed E-state index contributed by atoms with van der Waals surface area (Å²) in [5, 5.41) is 2.10. The minimum atomic E-state index is -0.672. The summed E-state index contributed by atoms with van der Waals surface area (Å²) in [5.74, 6) is -1.99. The number of fused-ring (bicyclic) bond motifs is 2. The van der Waals surface area contributed by atoms with Crippen molar-refractivity contribution < 1.29 is 14.0 Å². The molecule has 1 aliphatic carbocycles. The highest BCUT2D eigenvalue weighted by Crippen LogP contribution is 2.38. The van der Waals surface area contributed by atoms with Gasteiger partial charge in [0.05, 0.1) is 16.8 Å². The van der Waals surface area contributed by atoms with E-state index in [-0.39, 0.29) is 22.6 Å². The third-order valence-corrected chi connectivity index (χ3v) is 4.64. The van der Waals surface area contributed by atoms with Gasteiger partial charge < -0.3 is 5.73 Å². The molecule has 7 heteroatoms. The Labute approximate surface area is 141 Å². The Bertz CT molecular complexity index is 1080. The fourth-order valence-corrected chi connectivity index (χ4v) is 3.48. The Balaban J connectivity index is 2.00. The van der Waals surface area contributed by atoms with Gasteiger partial charge in [-0.1, -0.05) is 26.0 Å². The number of hydrogen-bond donors (Lipinski definition) is 2. The predicted molar refractivity (Wildman–Crippen MR) is 90.3 cm³/mol. The number of allylic oxidation sites excluding steroid dienone is 1. The van der Waals surface area contributed by atoms with E-state index in [1.54, 1.807) is 12.1 Å². The average Bonchev–Trinajstić information content (AvgIpc) is 2.96. The molecule has 0 fully saturated rings. The summed E-state index contributed by atoms with van der Waals surface area (Å²) >= 11 is 0. The highest BCUT2D eigenvalue weighted by atomic mass is 19.1. The second-order valence-corrected chi connectivity index (χ2v) is 6.72. The number of halogens is 1. The first-order valence-corrected chi connectivity index (χ1v) is 7.65. The smallest absolute Gasteiger partial charge is 0.262 e. The molecule has 0 spiro atoms. The van der Waals surface area contributed by atoms with Crippen LogP contribution in [-0.4, -0.2) is 16.4 Å². The van der Waals surface area contributed by atoms with Crippen LogP contribution in [0.15, 0.2) is 29.1 Å². The molecule has 1 aliphatic heterocycles. The summed E-state index contributed by atoms with van der Waals surface area (Å²) in [6, 6.07) is 3.89. The van der Waals surface area contributed by atoms with Gasteiger partial charge in [-0.15, -0.1) is 0 Å². The lowest BCUT2D eigenvalue weighted by Crippen LogP contribution is -2.24. The van der Waals surface area contributed by atoms with Gasteiger partial charge in [-0.25, -0.2) is 4.39 Å². The van der Waals surface area contributed by atoms with Crippen LogP contribution in [-0.2, 0) is 5.41 Å². The Kier molecular flexibility index (Phi) is 2.85. The van der Waals surface area contributed by atoms with Crippen molar-refractivity contribution in [2.75, 3.05) is 5.73 Å². The number of benzene rings is 1. The SMILES string of the molecule is CC1(C)C=Cc2cc(-n3c(N)c4c(cc3=O)C(=O)NC4=O)cc(F)c21. The molecule has 4 rings (SSSR count). The van der Waals surface area contributed by atoms with Crippen LogP contribution in [0.4, 0.5) is 10.2 Å². The molecule has 0 saturated carbocycles. The van der Waals surface area contributed by atoms with Crippen molar-refractivity contribution >= 4 is 23.7 Å². The monoisotopic (exact) mass is 339 g/mol. The summed E-state index contributed by atoms with van der Waals surface area (Å²) in [6.45, 7) is 3.79. The molecule has 2 aromatic rings. The second-order valence-electron chi connectivity index (χ2n) is 6.72. The Morgan fingerprint density at radius 2 is 1.84 bits per heavy atom. The number of anilines is 1. The maximum Gasteiger partial charge on any atom is 0.262 e. The number of imide groups is 1. The molecule has 2 amide bonds. The lowest BCUT2D eigenvalue weighted by atomic mass is 9.86. The predicted octanol–water partition coefficient (Wildman–Crippen LogP) is 1.75. The number of nitrogens with one attached hydrogen (secondary N) is 1. The van der Waals surface area contributed by atoms with Crippen molar-refractivity contribution in [3.05, 3.63) is 62.7 Å². The van der Waals surface area contributed by atoms with Crippen LogP contribution in [0.2, 0.25) is 0 Å². The maximum atomic E-state index is 14.7. The van der Waals surface area contributed by atoms with Crippen LogP contribution in [0.3, 0.4) is 0 Å². The van der Waals surface area contributed by atoms with E-state index in [1.165, 1.54) is 6.07 Å². The van der Waals surface area contributed by atoms with Crippen LogP contribution in [0.25, 0.3) is 11.8 Å². The molecule has 1 aromatic carbocycles. The molecule has 25 heavy (non-hydrogen) atoms. The standard InChI is InChI=1S/C18H14FN3O3/c1-18(2)4-3-8-5-9(6-11(19)14(8)18)22-12(23)7-10-13(15(22)20)17(25)21-16(10)24/h3-7H,20H2,1-2H3,(H,21,24,25). The van der Waals surface area contributed by atoms with Crippen LogP contribution in [0, 0.1) is 5.82 Å². The lowest BCUT2D eigenvalue weighted by molar-refractivity contribution is 0.0880. The van der Waals surface area contributed by atoms with Crippen molar-refractivity contribution in [3.8, 4) is 5.69 Å². The normalized spacial score (nSPS) is 16.8. The van der Waals surface area contributed by atoms with E-state index in [9.17, 15) is 18.8 Å². The van der Waals surface area contributed by atoms with Crippen LogP contribution in [0.1, 0.15) is 45.7 Å². The molecule has 126 valence electrons. The van der Waals surface area contributed by atoms with Crippen molar-refractivity contribution in [3.63, 3.8) is 0 Å². The highest BCUT2D eigenvalue weighted by Gasteiger charge is 2.33. The van der Waals surface area contributed by atoms with Gasteiger partial charge in [0.2, 0.25) is 0 Å². The van der Waals surface area contributed by atoms with Gasteiger partial charge in [0.25, 0.3) is 17.4 Å². The van der Waals surface area contributed by atoms with Crippen molar-refractivity contribution in [1.82, 2.24) is 9.88 Å². The molecule has 0 radical (unpaired) electrons. The number of hydrogen-bond acceptors (Lipinski definition) is 4. The van der Waals surface area contributed by atoms with Gasteiger partial charge in [0.1, 0.15) is 11.6 Å². The number of pyridine rings is 1. The van der Waals surface area contributed by atoms with Gasteiger partial charge in [0.15, 0.2) is 0 Å². The molecular weight excluding hydrogens is 325 g/mol. The first-order chi connectivity index (χ1) is 11.7. The van der Waals surface area contributed by atoms with Crippen molar-refractivity contribution in [1.29, 1.82) is 0 Å². The number of carbonyl (C=O) groups is 2. The third kappa shape index (κ3) is 1.98. The zero-order valence-corrected chi connectivity index (χ0v) is 13.5. The summed E-state index contributed by atoms with van der Waals surface area (Å²) in [5.41, 5.74) is 6.18. The van der Waals surface area contributed by atoms with E-state index < -0.39 is 28.6 Å². The number of carbonyl (C=O) groups excluding carboxylic acids is 2. The summed E-state index contributed by atoms with van der Waals surface area (Å²) in [7, 11) is 0. The van der Waals surface area contributed by atoms with E-state index in [0.717, 1.165) is 10.6 Å². The molecular formula is C18H14FN3O3. The zero-order valence-electron chi connectivity index (χ0n) is 13.5. The number of nitrogens with two attached hydrogens (primary N) is 1. The molecule has 2 heterocycles. The van der Waals surface area contributed by atoms with Gasteiger partial charge in [-0.2, -0.15) is 0 Å². The van der Waals surface area contributed by atoms with Crippen molar-refractivity contribution in [2.45, 2.75) is 19.3 Å². The third-order valence-electron chi connectivity index (χ3n) is 4.64. The minimum Gasteiger partial charge on any atom is -0.384 e. The quantitative estimate of drug-likeness (QED) is 0.774. The number of nitrogens with zero attached hydrogens (tertiary/aromatic N) is 1. The molecule has 0 saturated heterocycles. The largest absolute Gasteiger partial charge is 0.384 e. The number of amides is 2. The van der Waals surface area contributed by atoms with E-state index in [1.807, 2.05) is 19.9 Å². The molecule has 2 aliphatic rings. The lowest BCUT2D eigenvalue weighted by Gasteiger charge is -2.20. The molecule has 0 unspecified atom stereocenters. The van der Waals surface area contributed by atoms with Gasteiger partial charge in [-0.05, 0) is 17.7 Å². The molecule has 0 atom stereocenters. The minimum absolute atomic E-state index is 0.0635. The van der Waals surface area contributed by atoms with Crippen LogP contribution >= 0.6 is 0 Å². The first kappa shape index (κ1) is 15.3. The van der Waals surface area contributed by atoms with Gasteiger partial charge in [-0.3, -0.25) is 24.3 Å². The number of rotatable bonds is 1. The highest BCUT2D eigenvalue weighted by molar-refractivity contribution is 6.23. The van der Waals surface area contributed by atoms with E-state index in [2.05, 4.69) is 5.32 Å². The van der Waals surface area contributed by atoms with E-state index in [0.29, 0.717) is 11.1 Å². The Morgan fingerprint density at radius 3 is 2.56 bits per heavy atom. The van der Waals surface area contributed by atoms with Gasteiger partial charge in [0, 0.05) is 17.0 Å². The Morgan fingerprint density at radius 1 is 1.12 bits per heavy atom. The van der Waals surface area contributed by atoms with E-state index >= 15 is 0 Å². The summed E-state index contributed by atoms with van der Waals surface area (Å²) in [4.78, 5) is 36.1. The number of aromatic nitrogens is 1. The fraction of sp³-hybridized carbons (Fsp3) is 0.167. The number of nitrogen functional groups attached to an aromatic ring is 1. The topological polar surface area (TPSA) is 94.2 Å². The van der Waals surface area contributed by atoms with Crippen LogP contribution in [0.5, 0.6) is 0 Å². The first-order valence-electron chi connectivity index (χ1n) is 7.65. The fourth-order valence-electron chi connectivity index (χ4n) is 3.48. The summed E-state index contributed by atoms with van der Waals surface area (Å²) in [6.07, 6.45) is 3.66. The summed E-state index contributed by atoms with van der Waals surface area (Å²) < 4.78 is 15.7. The van der Waals surface area contributed by atoms with E-state index in [4.69, 9.17) is 5.73 Å². The zero-order chi connectivity index (χ0) is 18.1. The van der Waals surface area contributed by atoms with Crippen molar-refractivity contribution in [2.24, 2.45) is 0 Å². The molecule has 1 aromatic heterocycles.